The summed E-state index contributed by atoms with van der Waals surface area (Å²) in [7, 11) is 0. The monoisotopic (exact) mass is 384 g/mol. The average Bonchev–Trinajstić information content (AvgIpc) is 3.25. The maximum Gasteiger partial charge on any atom is 0.345 e. The van der Waals surface area contributed by atoms with Gasteiger partial charge in [0, 0.05) is 22.5 Å². The second-order valence-electron chi connectivity index (χ2n) is 5.70. The quantitative estimate of drug-likeness (QED) is 0.756. The Kier molecular flexibility index (Phi) is 5.76. The van der Waals surface area contributed by atoms with Crippen LogP contribution in [0.15, 0.2) is 63.5 Å². The molecule has 0 saturated heterocycles. The zero-order chi connectivity index (χ0) is 18.7. The summed E-state index contributed by atoms with van der Waals surface area (Å²) >= 11 is 3.01. The number of carbonyl (C=O) groups is 1. The van der Waals surface area contributed by atoms with Crippen LogP contribution in [0.5, 0.6) is 0 Å². The number of rotatable bonds is 5. The average molecular weight is 385 g/mol. The Morgan fingerprint density at radius 2 is 2.12 bits per heavy atom. The molecule has 4 nitrogen and oxygen atoms in total. The zero-order valence-corrected chi connectivity index (χ0v) is 16.4. The van der Waals surface area contributed by atoms with Crippen LogP contribution in [0.4, 0.5) is 0 Å². The molecule has 2 N–H and O–H groups in total. The van der Waals surface area contributed by atoms with Crippen molar-refractivity contribution in [2.45, 2.75) is 13.8 Å². The first-order chi connectivity index (χ1) is 12.5. The van der Waals surface area contributed by atoms with Gasteiger partial charge in [0.05, 0.1) is 11.5 Å². The highest BCUT2D eigenvalue weighted by molar-refractivity contribution is 8.19. The first kappa shape index (κ1) is 18.6. The maximum atomic E-state index is 12.2. The molecule has 1 aromatic heterocycles. The van der Waals surface area contributed by atoms with E-state index in [0.717, 1.165) is 21.8 Å². The van der Waals surface area contributed by atoms with Crippen LogP contribution in [-0.4, -0.2) is 24.2 Å². The Morgan fingerprint density at radius 1 is 1.35 bits per heavy atom. The Labute approximate surface area is 161 Å². The van der Waals surface area contributed by atoms with Gasteiger partial charge in [0.1, 0.15) is 5.04 Å². The number of thiophene rings is 1. The smallest absolute Gasteiger partial charge is 0.345 e. The number of carbonyl (C=O) groups excluding carboxylic acids is 1. The Bertz CT molecular complexity index is 967. The molecular weight excluding hydrogens is 364 g/mol. The van der Waals surface area contributed by atoms with E-state index in [9.17, 15) is 4.79 Å². The van der Waals surface area contributed by atoms with E-state index in [1.807, 2.05) is 18.2 Å². The van der Waals surface area contributed by atoms with Crippen LogP contribution < -0.4 is 5.73 Å². The van der Waals surface area contributed by atoms with E-state index in [1.54, 1.807) is 18.3 Å². The number of esters is 1. The minimum Gasteiger partial charge on any atom is -0.462 e. The number of nitrogens with zero attached hydrogens (tertiary/aromatic N) is 1. The summed E-state index contributed by atoms with van der Waals surface area (Å²) in [6, 6.07) is 8.29. The van der Waals surface area contributed by atoms with Gasteiger partial charge < -0.3 is 10.5 Å². The molecule has 0 fully saturated rings. The number of thioether (sulfide) groups is 1. The Morgan fingerprint density at radius 3 is 2.85 bits per heavy atom. The lowest BCUT2D eigenvalue weighted by atomic mass is 10.0. The van der Waals surface area contributed by atoms with Crippen molar-refractivity contribution in [1.29, 1.82) is 0 Å². The van der Waals surface area contributed by atoms with Gasteiger partial charge in [-0.3, -0.25) is 0 Å². The van der Waals surface area contributed by atoms with Crippen molar-refractivity contribution in [2.75, 3.05) is 13.2 Å². The molecule has 134 valence electrons. The largest absolute Gasteiger partial charge is 0.462 e. The molecule has 0 bridgehead atoms. The minimum absolute atomic E-state index is 0.270. The summed E-state index contributed by atoms with van der Waals surface area (Å²) in [5, 5.41) is 4.07. The summed E-state index contributed by atoms with van der Waals surface area (Å²) in [5.74, 6) is -0.332. The molecule has 2 heterocycles. The molecule has 1 aliphatic heterocycles. The number of aliphatic imine (C=N–C) groups is 1. The van der Waals surface area contributed by atoms with Crippen molar-refractivity contribution in [2.24, 2.45) is 10.7 Å². The lowest BCUT2D eigenvalue weighted by Crippen LogP contribution is -2.05. The number of allylic oxidation sites excluding steroid dienone is 2. The van der Waals surface area contributed by atoms with Gasteiger partial charge >= 0.3 is 5.97 Å². The Hall–Kier alpha value is -2.15. The van der Waals surface area contributed by atoms with E-state index in [2.05, 4.69) is 36.0 Å². The molecule has 6 heteroatoms. The lowest BCUT2D eigenvalue weighted by molar-refractivity contribution is -0.137. The zero-order valence-electron chi connectivity index (χ0n) is 14.7. The third kappa shape index (κ3) is 3.67. The van der Waals surface area contributed by atoms with Gasteiger partial charge in [-0.25, -0.2) is 9.79 Å². The second kappa shape index (κ2) is 8.03. The van der Waals surface area contributed by atoms with E-state index >= 15 is 0 Å². The summed E-state index contributed by atoms with van der Waals surface area (Å²) in [4.78, 5) is 17.2. The lowest BCUT2D eigenvalue weighted by Gasteiger charge is -2.06. The van der Waals surface area contributed by atoms with Gasteiger partial charge in [0.15, 0.2) is 0 Å². The first-order valence-electron chi connectivity index (χ1n) is 8.26. The van der Waals surface area contributed by atoms with Crippen LogP contribution in [0.3, 0.4) is 0 Å². The number of benzene rings is 1. The van der Waals surface area contributed by atoms with E-state index in [1.165, 1.54) is 21.8 Å². The Balaban J connectivity index is 2.12. The highest BCUT2D eigenvalue weighted by Gasteiger charge is 2.26. The van der Waals surface area contributed by atoms with Crippen LogP contribution in [0, 0.1) is 0 Å². The van der Waals surface area contributed by atoms with Gasteiger partial charge in [-0.2, -0.15) is 0 Å². The van der Waals surface area contributed by atoms with E-state index in [4.69, 9.17) is 10.5 Å². The standard InChI is InChI=1S/C20H20N2O2S2/c1-4-24-20(23)18-9-15(19(26-18)22-12(2)10-21)13(3)16-11-25-17-8-6-5-7-14(16)17/h5-9,11H,2,4,10,21H2,1,3H3/b15-13+,22-19?. The summed E-state index contributed by atoms with van der Waals surface area (Å²) in [6.07, 6.45) is 1.85. The van der Waals surface area contributed by atoms with E-state index in [0.29, 0.717) is 17.2 Å². The normalized spacial score (nSPS) is 17.5. The highest BCUT2D eigenvalue weighted by atomic mass is 32.2. The fourth-order valence-electron chi connectivity index (χ4n) is 2.64. The minimum atomic E-state index is -0.332. The third-order valence-electron chi connectivity index (χ3n) is 3.97. The van der Waals surface area contributed by atoms with Crippen LogP contribution in [-0.2, 0) is 9.53 Å². The van der Waals surface area contributed by atoms with Crippen LogP contribution in [0.25, 0.3) is 15.7 Å². The molecule has 0 spiro atoms. The van der Waals surface area contributed by atoms with Gasteiger partial charge in [-0.1, -0.05) is 36.5 Å². The van der Waals surface area contributed by atoms with E-state index in [-0.39, 0.29) is 12.5 Å². The highest BCUT2D eigenvalue weighted by Crippen LogP contribution is 2.40. The number of ether oxygens (including phenoxy) is 1. The second-order valence-corrected chi connectivity index (χ2v) is 7.64. The van der Waals surface area contributed by atoms with Gasteiger partial charge in [-0.05, 0) is 47.9 Å². The predicted molar refractivity (Wildman–Crippen MR) is 112 cm³/mol. The number of nitrogens with two attached hydrogens (primary N) is 1. The summed E-state index contributed by atoms with van der Waals surface area (Å²) in [5.41, 5.74) is 9.35. The molecule has 1 aromatic carbocycles. The SMILES string of the molecule is C=C(CN)N=C1SC(C(=O)OCC)=C/C1=C(/C)c1csc2ccccc12. The van der Waals surface area contributed by atoms with Gasteiger partial charge in [0.25, 0.3) is 0 Å². The molecule has 0 aliphatic carbocycles. The molecule has 0 unspecified atom stereocenters. The summed E-state index contributed by atoms with van der Waals surface area (Å²) in [6.45, 7) is 8.32. The van der Waals surface area contributed by atoms with Crippen molar-refractivity contribution in [3.05, 3.63) is 64.0 Å². The molecule has 0 radical (unpaired) electrons. The van der Waals surface area contributed by atoms with Gasteiger partial charge in [-0.15, -0.1) is 11.3 Å². The van der Waals surface area contributed by atoms with Crippen LogP contribution in [0.2, 0.25) is 0 Å². The molecule has 3 rings (SSSR count). The molecule has 0 atom stereocenters. The van der Waals surface area contributed by atoms with Crippen molar-refractivity contribution < 1.29 is 9.53 Å². The molecule has 26 heavy (non-hydrogen) atoms. The molecule has 2 aromatic rings. The van der Waals surface area contributed by atoms with Crippen LogP contribution >= 0.6 is 23.1 Å². The number of fused-ring (bicyclic) bond motifs is 1. The van der Waals surface area contributed by atoms with Crippen molar-refractivity contribution >= 4 is 49.8 Å². The predicted octanol–water partition coefficient (Wildman–Crippen LogP) is 4.74. The van der Waals surface area contributed by atoms with Crippen molar-refractivity contribution in [1.82, 2.24) is 0 Å². The number of hydrogen-bond acceptors (Lipinski definition) is 6. The van der Waals surface area contributed by atoms with Crippen LogP contribution in [0.1, 0.15) is 19.4 Å². The first-order valence-corrected chi connectivity index (χ1v) is 9.95. The molecular formula is C20H20N2O2S2. The van der Waals surface area contributed by atoms with Crippen molar-refractivity contribution in [3.63, 3.8) is 0 Å². The molecule has 0 saturated carbocycles. The van der Waals surface area contributed by atoms with Gasteiger partial charge in [0.2, 0.25) is 0 Å². The molecule has 1 aliphatic rings. The topological polar surface area (TPSA) is 64.7 Å². The maximum absolute atomic E-state index is 12.2. The fraction of sp³-hybridized carbons (Fsp3) is 0.200. The number of hydrogen-bond donors (Lipinski definition) is 1. The fourth-order valence-corrected chi connectivity index (χ4v) is 4.67. The van der Waals surface area contributed by atoms with Crippen molar-refractivity contribution in [3.8, 4) is 0 Å². The summed E-state index contributed by atoms with van der Waals surface area (Å²) < 4.78 is 6.37. The van der Waals surface area contributed by atoms with E-state index < -0.39 is 0 Å². The third-order valence-corrected chi connectivity index (χ3v) is 5.95. The molecule has 0 amide bonds.